The van der Waals surface area contributed by atoms with E-state index in [0.29, 0.717) is 21.8 Å². The number of hydrogen-bond donors (Lipinski definition) is 1. The highest BCUT2D eigenvalue weighted by atomic mass is 35.5. The summed E-state index contributed by atoms with van der Waals surface area (Å²) in [5.74, 6) is -1.81. The predicted octanol–water partition coefficient (Wildman–Crippen LogP) is 7.28. The second kappa shape index (κ2) is 10.1. The normalized spacial score (nSPS) is 20.0. The van der Waals surface area contributed by atoms with Crippen molar-refractivity contribution in [3.8, 4) is 11.6 Å². The summed E-state index contributed by atoms with van der Waals surface area (Å²) in [4.78, 5) is 31.8. The van der Waals surface area contributed by atoms with Gasteiger partial charge in [0, 0.05) is 17.5 Å². The second-order valence-corrected chi connectivity index (χ2v) is 10.2. The molecule has 0 bridgehead atoms. The van der Waals surface area contributed by atoms with Crippen LogP contribution in [-0.4, -0.2) is 21.0 Å². The largest absolute Gasteiger partial charge is 0.439 e. The molecule has 0 N–H and O–H groups in total. The number of aromatic nitrogens is 1. The summed E-state index contributed by atoms with van der Waals surface area (Å²) in [5, 5.41) is 3.93. The Balaban J connectivity index is 1.53. The Hall–Kier alpha value is -3.34. The fraction of sp³-hybridized carbons (Fsp3) is 0.148. The molecule has 0 radical (unpaired) electrons. The van der Waals surface area contributed by atoms with Crippen molar-refractivity contribution in [2.75, 3.05) is 0 Å². The quantitative estimate of drug-likeness (QED) is 0.201. The molecule has 0 aliphatic carbocycles. The lowest BCUT2D eigenvalue weighted by molar-refractivity contribution is -0.142. The van der Waals surface area contributed by atoms with Crippen molar-refractivity contribution >= 4 is 47.4 Å². The molecule has 1 aliphatic heterocycles. The summed E-state index contributed by atoms with van der Waals surface area (Å²) in [5.41, 5.74) is -0.810. The van der Waals surface area contributed by atoms with Crippen molar-refractivity contribution < 1.29 is 27.5 Å². The van der Waals surface area contributed by atoms with E-state index in [1.54, 1.807) is 42.5 Å². The molecule has 1 fully saturated rings. The third kappa shape index (κ3) is 4.68. The van der Waals surface area contributed by atoms with E-state index >= 15 is 0 Å². The lowest BCUT2D eigenvalue weighted by Crippen LogP contribution is -2.54. The molecule has 0 saturated carbocycles. The number of nitrogens with zero attached hydrogens (tertiary/aromatic N) is 2. The summed E-state index contributed by atoms with van der Waals surface area (Å²) < 4.78 is 45.7. The van der Waals surface area contributed by atoms with Crippen LogP contribution in [0.3, 0.4) is 0 Å². The zero-order valence-corrected chi connectivity index (χ0v) is 21.8. The Morgan fingerprint density at radius 3 is 2.42 bits per heavy atom. The number of hydrogen-bond acceptors (Lipinski definition) is 6. The molecule has 5 nitrogen and oxygen atoms in total. The Bertz CT molecular complexity index is 1500. The number of carbonyl (C=O) groups excluding carboxylic acids is 2. The monoisotopic (exact) mass is 574 g/mol. The molecule has 1 aliphatic rings. The number of pyridine rings is 1. The number of halogens is 4. The van der Waals surface area contributed by atoms with E-state index in [-0.39, 0.29) is 23.8 Å². The maximum atomic E-state index is 13.7. The molecule has 5 rings (SSSR count). The standard InChI is InChI=1S/C27H18ClF3N2O3S2/c28-20-5-2-1-4-19(20)24-21(34)14-26(33(37)25(24)35,17-12-13-38-15-17)22-6-3-7-23(32-22)36-18-10-8-16(9-11-18)27(29,30)31/h1-13,15,24,37H,14H2/t24?,26-/m0/s1. The van der Waals surface area contributed by atoms with Crippen molar-refractivity contribution in [2.24, 2.45) is 0 Å². The Morgan fingerprint density at radius 2 is 1.76 bits per heavy atom. The molecule has 2 atom stereocenters. The maximum absolute atomic E-state index is 13.7. The molecule has 194 valence electrons. The molecule has 1 unspecified atom stereocenters. The number of ketones is 1. The number of ether oxygens (including phenoxy) is 1. The van der Waals surface area contributed by atoms with Crippen molar-refractivity contribution in [3.05, 3.63) is 111 Å². The molecule has 3 heterocycles. The van der Waals surface area contributed by atoms with Gasteiger partial charge < -0.3 is 4.74 Å². The highest BCUT2D eigenvalue weighted by Gasteiger charge is 2.53. The van der Waals surface area contributed by atoms with Crippen LogP contribution in [0.2, 0.25) is 5.02 Å². The minimum absolute atomic E-state index is 0.0757. The highest BCUT2D eigenvalue weighted by molar-refractivity contribution is 7.78. The molecule has 4 aromatic rings. The van der Waals surface area contributed by atoms with Crippen LogP contribution in [0.15, 0.2) is 83.6 Å². The fourth-order valence-corrected chi connectivity index (χ4v) is 5.87. The number of carbonyl (C=O) groups is 2. The average molecular weight is 575 g/mol. The van der Waals surface area contributed by atoms with Crippen LogP contribution in [0.5, 0.6) is 11.6 Å². The number of benzene rings is 2. The number of piperidine rings is 1. The van der Waals surface area contributed by atoms with Crippen molar-refractivity contribution in [1.29, 1.82) is 0 Å². The first-order chi connectivity index (χ1) is 18.1. The topological polar surface area (TPSA) is 59.5 Å². The van der Waals surface area contributed by atoms with E-state index in [1.165, 1.54) is 33.8 Å². The lowest BCUT2D eigenvalue weighted by atomic mass is 9.75. The number of Topliss-reactive ketones (excluding diaryl/α,β-unsaturated/α-hetero) is 1. The van der Waals surface area contributed by atoms with Gasteiger partial charge in [-0.25, -0.2) is 4.98 Å². The Labute approximate surface area is 230 Å². The molecule has 38 heavy (non-hydrogen) atoms. The molecular formula is C27H18ClF3N2O3S2. The third-order valence-corrected chi connectivity index (χ3v) is 7.90. The zero-order valence-electron chi connectivity index (χ0n) is 19.4. The summed E-state index contributed by atoms with van der Waals surface area (Å²) in [6.45, 7) is 0. The summed E-state index contributed by atoms with van der Waals surface area (Å²) in [6, 6.07) is 17.5. The van der Waals surface area contributed by atoms with Crippen molar-refractivity contribution in [2.45, 2.75) is 24.1 Å². The van der Waals surface area contributed by atoms with Crippen LogP contribution < -0.4 is 4.74 Å². The van der Waals surface area contributed by atoms with E-state index in [1.807, 2.05) is 10.8 Å². The molecule has 2 aromatic carbocycles. The zero-order chi connectivity index (χ0) is 27.1. The SMILES string of the molecule is O=C1C[C@](c2ccsc2)(c2cccc(Oc3ccc(C(F)(F)F)cc3)n2)N(S)C(=O)C1c1ccccc1Cl. The number of thiol groups is 1. The number of amides is 1. The van der Waals surface area contributed by atoms with Gasteiger partial charge in [0.2, 0.25) is 11.8 Å². The summed E-state index contributed by atoms with van der Waals surface area (Å²) in [7, 11) is 0. The van der Waals surface area contributed by atoms with Crippen LogP contribution in [-0.2, 0) is 21.3 Å². The van der Waals surface area contributed by atoms with E-state index in [9.17, 15) is 22.8 Å². The summed E-state index contributed by atoms with van der Waals surface area (Å²) >= 11 is 12.3. The molecular weight excluding hydrogens is 557 g/mol. The fourth-order valence-electron chi connectivity index (χ4n) is 4.50. The van der Waals surface area contributed by atoms with Gasteiger partial charge in [0.1, 0.15) is 17.2 Å². The van der Waals surface area contributed by atoms with Crippen molar-refractivity contribution in [3.63, 3.8) is 0 Å². The summed E-state index contributed by atoms with van der Waals surface area (Å²) in [6.07, 6.45) is -4.60. The molecule has 2 aromatic heterocycles. The number of rotatable bonds is 5. The number of alkyl halides is 3. The van der Waals surface area contributed by atoms with Gasteiger partial charge in [-0.1, -0.05) is 48.7 Å². The molecule has 1 amide bonds. The first-order valence-corrected chi connectivity index (χ1v) is 13.0. The molecule has 0 spiro atoms. The van der Waals surface area contributed by atoms with Gasteiger partial charge >= 0.3 is 6.18 Å². The lowest BCUT2D eigenvalue weighted by Gasteiger charge is -2.45. The minimum Gasteiger partial charge on any atom is -0.439 e. The predicted molar refractivity (Wildman–Crippen MR) is 141 cm³/mol. The first-order valence-electron chi connectivity index (χ1n) is 11.3. The smallest absolute Gasteiger partial charge is 0.416 e. The minimum atomic E-state index is -4.47. The Kier molecular flexibility index (Phi) is 6.97. The number of thiophene rings is 1. The molecule has 1 saturated heterocycles. The maximum Gasteiger partial charge on any atom is 0.416 e. The molecule has 11 heteroatoms. The van der Waals surface area contributed by atoms with Gasteiger partial charge in [-0.15, -0.1) is 0 Å². The van der Waals surface area contributed by atoms with Crippen LogP contribution in [0.1, 0.15) is 34.7 Å². The van der Waals surface area contributed by atoms with E-state index < -0.39 is 29.1 Å². The van der Waals surface area contributed by atoms with Crippen LogP contribution in [0.25, 0.3) is 0 Å². The third-order valence-electron chi connectivity index (χ3n) is 6.34. The van der Waals surface area contributed by atoms with Crippen LogP contribution in [0, 0.1) is 0 Å². The van der Waals surface area contributed by atoms with Gasteiger partial charge in [-0.2, -0.15) is 24.5 Å². The van der Waals surface area contributed by atoms with Gasteiger partial charge in [0.25, 0.3) is 0 Å². The highest BCUT2D eigenvalue weighted by Crippen LogP contribution is 2.48. The van der Waals surface area contributed by atoms with Gasteiger partial charge in [-0.05, 0) is 64.4 Å². The first kappa shape index (κ1) is 26.3. The van der Waals surface area contributed by atoms with Crippen LogP contribution >= 0.6 is 35.8 Å². The second-order valence-electron chi connectivity index (χ2n) is 8.61. The Morgan fingerprint density at radius 1 is 1.03 bits per heavy atom. The van der Waals surface area contributed by atoms with E-state index in [0.717, 1.165) is 12.1 Å². The van der Waals surface area contributed by atoms with Crippen LogP contribution in [0.4, 0.5) is 13.2 Å². The average Bonchev–Trinajstić information content (AvgIpc) is 3.43. The van der Waals surface area contributed by atoms with Gasteiger partial charge in [0.15, 0.2) is 5.78 Å². The van der Waals surface area contributed by atoms with E-state index in [2.05, 4.69) is 17.8 Å². The van der Waals surface area contributed by atoms with Gasteiger partial charge in [-0.3, -0.25) is 13.9 Å². The van der Waals surface area contributed by atoms with E-state index in [4.69, 9.17) is 16.3 Å². The van der Waals surface area contributed by atoms with Gasteiger partial charge in [0.05, 0.1) is 11.3 Å². The van der Waals surface area contributed by atoms with Crippen molar-refractivity contribution in [1.82, 2.24) is 9.29 Å².